The van der Waals surface area contributed by atoms with E-state index in [0.29, 0.717) is 6.54 Å². The molecular formula is C24H28ClF4N3S. The minimum Gasteiger partial charge on any atom is -0.342 e. The van der Waals surface area contributed by atoms with Gasteiger partial charge in [0.2, 0.25) is 0 Å². The largest absolute Gasteiger partial charge is 0.416 e. The molecule has 180 valence electrons. The lowest BCUT2D eigenvalue weighted by molar-refractivity contribution is -0.137. The molecule has 0 aromatic heterocycles. The predicted octanol–water partition coefficient (Wildman–Crippen LogP) is 7.01. The summed E-state index contributed by atoms with van der Waals surface area (Å²) in [4.78, 5) is 1.96. The molecular weight excluding hydrogens is 474 g/mol. The molecule has 1 aliphatic heterocycles. The molecule has 1 heterocycles. The van der Waals surface area contributed by atoms with Crippen molar-refractivity contribution in [2.75, 3.05) is 5.32 Å². The maximum atomic E-state index is 13.4. The van der Waals surface area contributed by atoms with Gasteiger partial charge in [-0.15, -0.1) is 0 Å². The fourth-order valence-corrected chi connectivity index (χ4v) is 5.11. The van der Waals surface area contributed by atoms with E-state index < -0.39 is 11.7 Å². The van der Waals surface area contributed by atoms with Crippen molar-refractivity contribution in [2.45, 2.75) is 70.4 Å². The van der Waals surface area contributed by atoms with Gasteiger partial charge in [-0.2, -0.15) is 13.2 Å². The molecule has 0 unspecified atom stereocenters. The highest BCUT2D eigenvalue weighted by atomic mass is 35.5. The molecule has 2 aromatic rings. The third-order valence-corrected chi connectivity index (χ3v) is 6.34. The highest BCUT2D eigenvalue weighted by Gasteiger charge is 2.40. The lowest BCUT2D eigenvalue weighted by Gasteiger charge is -2.50. The van der Waals surface area contributed by atoms with Crippen LogP contribution in [0.2, 0.25) is 5.02 Å². The van der Waals surface area contributed by atoms with Gasteiger partial charge in [0.15, 0.2) is 5.11 Å². The van der Waals surface area contributed by atoms with E-state index in [4.69, 9.17) is 23.8 Å². The van der Waals surface area contributed by atoms with Crippen LogP contribution in [0.4, 0.5) is 23.2 Å². The van der Waals surface area contributed by atoms with Gasteiger partial charge >= 0.3 is 6.18 Å². The van der Waals surface area contributed by atoms with E-state index in [2.05, 4.69) is 38.3 Å². The number of alkyl halides is 3. The summed E-state index contributed by atoms with van der Waals surface area (Å²) >= 11 is 11.9. The number of piperidine rings is 1. The number of thiocarbonyl (C=S) groups is 1. The summed E-state index contributed by atoms with van der Waals surface area (Å²) in [7, 11) is 0. The molecule has 0 radical (unpaired) electrons. The monoisotopic (exact) mass is 501 g/mol. The molecule has 1 saturated heterocycles. The topological polar surface area (TPSA) is 27.3 Å². The van der Waals surface area contributed by atoms with Crippen LogP contribution in [-0.4, -0.2) is 27.1 Å². The Kier molecular flexibility index (Phi) is 7.32. The highest BCUT2D eigenvalue weighted by Crippen LogP contribution is 2.35. The Morgan fingerprint density at radius 2 is 1.67 bits per heavy atom. The molecule has 0 aliphatic carbocycles. The van der Waals surface area contributed by atoms with Crippen LogP contribution >= 0.6 is 23.8 Å². The van der Waals surface area contributed by atoms with Crippen LogP contribution in [-0.2, 0) is 12.7 Å². The fraction of sp³-hybridized carbons (Fsp3) is 0.458. The van der Waals surface area contributed by atoms with Crippen molar-refractivity contribution in [1.29, 1.82) is 0 Å². The molecule has 2 aromatic carbocycles. The maximum absolute atomic E-state index is 13.4. The molecule has 2 N–H and O–H groups in total. The Labute approximate surface area is 202 Å². The third-order valence-electron chi connectivity index (χ3n) is 5.67. The van der Waals surface area contributed by atoms with Crippen LogP contribution in [0.15, 0.2) is 42.5 Å². The Morgan fingerprint density at radius 1 is 1.09 bits per heavy atom. The number of hydrogen-bond donors (Lipinski definition) is 2. The van der Waals surface area contributed by atoms with Crippen molar-refractivity contribution in [3.8, 4) is 0 Å². The van der Waals surface area contributed by atoms with Crippen molar-refractivity contribution in [1.82, 2.24) is 10.2 Å². The number of rotatable bonds is 4. The molecule has 1 fully saturated rings. The van der Waals surface area contributed by atoms with Crippen LogP contribution in [0.1, 0.15) is 51.7 Å². The second-order valence-electron chi connectivity index (χ2n) is 9.83. The lowest BCUT2D eigenvalue weighted by Crippen LogP contribution is -2.63. The van der Waals surface area contributed by atoms with Gasteiger partial charge in [-0.3, -0.25) is 0 Å². The highest BCUT2D eigenvalue weighted by molar-refractivity contribution is 7.80. The molecule has 0 bridgehead atoms. The van der Waals surface area contributed by atoms with Crippen LogP contribution in [0, 0.1) is 5.82 Å². The summed E-state index contributed by atoms with van der Waals surface area (Å²) in [5.41, 5.74) is -0.252. The first-order valence-corrected chi connectivity index (χ1v) is 11.4. The molecule has 3 rings (SSSR count). The summed E-state index contributed by atoms with van der Waals surface area (Å²) in [5.74, 6) is -0.342. The van der Waals surface area contributed by atoms with Crippen molar-refractivity contribution < 1.29 is 17.6 Å². The van der Waals surface area contributed by atoms with Gasteiger partial charge in [-0.25, -0.2) is 4.39 Å². The zero-order chi connectivity index (χ0) is 24.6. The Morgan fingerprint density at radius 3 is 2.21 bits per heavy atom. The van der Waals surface area contributed by atoms with Crippen molar-refractivity contribution in [2.24, 2.45) is 0 Å². The summed E-state index contributed by atoms with van der Waals surface area (Å²) in [6.45, 7) is 8.81. The first-order chi connectivity index (χ1) is 15.2. The first kappa shape index (κ1) is 25.7. The van der Waals surface area contributed by atoms with Crippen LogP contribution in [0.3, 0.4) is 0 Å². The van der Waals surface area contributed by atoms with Crippen molar-refractivity contribution in [3.05, 3.63) is 64.4 Å². The smallest absolute Gasteiger partial charge is 0.342 e. The first-order valence-electron chi connectivity index (χ1n) is 10.6. The molecule has 1 aliphatic rings. The van der Waals surface area contributed by atoms with Gasteiger partial charge in [0, 0.05) is 23.7 Å². The molecule has 0 atom stereocenters. The minimum atomic E-state index is -4.50. The van der Waals surface area contributed by atoms with Crippen molar-refractivity contribution >= 4 is 34.6 Å². The number of anilines is 1. The van der Waals surface area contributed by atoms with Gasteiger partial charge in [0.1, 0.15) is 5.82 Å². The van der Waals surface area contributed by atoms with Gasteiger partial charge in [0.25, 0.3) is 0 Å². The van der Waals surface area contributed by atoms with Crippen LogP contribution in [0.5, 0.6) is 0 Å². The van der Waals surface area contributed by atoms with E-state index in [1.807, 2.05) is 4.90 Å². The van der Waals surface area contributed by atoms with Gasteiger partial charge in [0.05, 0.1) is 16.3 Å². The van der Waals surface area contributed by atoms with E-state index in [0.717, 1.165) is 30.5 Å². The number of nitrogens with zero attached hydrogens (tertiary/aromatic N) is 1. The Bertz CT molecular complexity index is 990. The quantitative estimate of drug-likeness (QED) is 0.348. The van der Waals surface area contributed by atoms with Gasteiger partial charge in [-0.05, 0) is 88.6 Å². The summed E-state index contributed by atoms with van der Waals surface area (Å²) < 4.78 is 53.1. The lowest BCUT2D eigenvalue weighted by atomic mass is 9.79. The Balaban J connectivity index is 1.93. The van der Waals surface area contributed by atoms with Gasteiger partial charge in [-0.1, -0.05) is 23.7 Å². The molecule has 0 saturated carbocycles. The van der Waals surface area contributed by atoms with Gasteiger partial charge < -0.3 is 15.5 Å². The van der Waals surface area contributed by atoms with E-state index in [9.17, 15) is 17.6 Å². The summed E-state index contributed by atoms with van der Waals surface area (Å²) in [5, 5.41) is 6.96. The van der Waals surface area contributed by atoms with Crippen molar-refractivity contribution in [3.63, 3.8) is 0 Å². The standard InChI is InChI=1S/C24H28ClF4N3S/c1-22(2)12-18(13-23(3,4)31-22)32(14-15-5-8-17(26)9-6-15)21(33)30-20-11-16(24(27,28)29)7-10-19(20)25/h5-11,18,31H,12-14H2,1-4H3,(H,30,33). The average molecular weight is 502 g/mol. The second kappa shape index (κ2) is 9.39. The second-order valence-corrected chi connectivity index (χ2v) is 10.6. The number of hydrogen-bond acceptors (Lipinski definition) is 2. The normalized spacial score (nSPS) is 18.1. The molecule has 3 nitrogen and oxygen atoms in total. The number of halogens is 5. The maximum Gasteiger partial charge on any atom is 0.416 e. The average Bonchev–Trinajstić information content (AvgIpc) is 2.65. The molecule has 0 spiro atoms. The molecule has 0 amide bonds. The van der Waals surface area contributed by atoms with E-state index in [1.165, 1.54) is 18.2 Å². The number of benzene rings is 2. The third kappa shape index (κ3) is 6.80. The van der Waals surface area contributed by atoms with E-state index >= 15 is 0 Å². The zero-order valence-electron chi connectivity index (χ0n) is 19.0. The van der Waals surface area contributed by atoms with Crippen LogP contribution < -0.4 is 10.6 Å². The van der Waals surface area contributed by atoms with E-state index in [-0.39, 0.29) is 38.8 Å². The fourth-order valence-electron chi connectivity index (χ4n) is 4.63. The summed E-state index contributed by atoms with van der Waals surface area (Å²) in [6.07, 6.45) is -2.98. The van der Waals surface area contributed by atoms with E-state index in [1.54, 1.807) is 12.1 Å². The van der Waals surface area contributed by atoms with Crippen LogP contribution in [0.25, 0.3) is 0 Å². The number of nitrogens with one attached hydrogen (secondary N) is 2. The Hall–Kier alpha value is -1.90. The predicted molar refractivity (Wildman–Crippen MR) is 129 cm³/mol. The minimum absolute atomic E-state index is 0.00845. The molecule has 33 heavy (non-hydrogen) atoms. The zero-order valence-corrected chi connectivity index (χ0v) is 20.6. The molecule has 9 heteroatoms. The summed E-state index contributed by atoms with van der Waals surface area (Å²) in [6, 6.07) is 9.21. The SMILES string of the molecule is CC1(C)CC(N(Cc2ccc(F)cc2)C(=S)Nc2cc(C(F)(F)F)ccc2Cl)CC(C)(C)N1.